The SMILES string of the molecule is Cc1nc(C(=O)O)c(C(=O)NC(C)(C)C)s1. The molecule has 0 aliphatic rings. The first-order chi connectivity index (χ1) is 7.20. The first kappa shape index (κ1) is 12.6. The number of hydrogen-bond acceptors (Lipinski definition) is 4. The van der Waals surface area contributed by atoms with Gasteiger partial charge >= 0.3 is 5.97 Å². The van der Waals surface area contributed by atoms with E-state index in [1.54, 1.807) is 6.92 Å². The second kappa shape index (κ2) is 4.21. The number of aromatic carboxylic acids is 1. The van der Waals surface area contributed by atoms with Crippen molar-refractivity contribution in [2.24, 2.45) is 0 Å². The van der Waals surface area contributed by atoms with Gasteiger partial charge in [-0.15, -0.1) is 11.3 Å². The van der Waals surface area contributed by atoms with Gasteiger partial charge in [-0.1, -0.05) is 0 Å². The molecule has 1 rings (SSSR count). The summed E-state index contributed by atoms with van der Waals surface area (Å²) in [5.41, 5.74) is -0.575. The van der Waals surface area contributed by atoms with E-state index in [2.05, 4.69) is 10.3 Å². The van der Waals surface area contributed by atoms with Crippen molar-refractivity contribution in [3.63, 3.8) is 0 Å². The van der Waals surface area contributed by atoms with Gasteiger partial charge in [0.05, 0.1) is 5.01 Å². The molecular weight excluding hydrogens is 228 g/mol. The summed E-state index contributed by atoms with van der Waals surface area (Å²) in [6.07, 6.45) is 0. The van der Waals surface area contributed by atoms with Crippen molar-refractivity contribution in [1.29, 1.82) is 0 Å². The van der Waals surface area contributed by atoms with Gasteiger partial charge in [0.1, 0.15) is 4.88 Å². The molecule has 0 spiro atoms. The highest BCUT2D eigenvalue weighted by Gasteiger charge is 2.24. The van der Waals surface area contributed by atoms with Crippen LogP contribution in [0.15, 0.2) is 0 Å². The van der Waals surface area contributed by atoms with Gasteiger partial charge in [-0.3, -0.25) is 4.79 Å². The molecule has 6 heteroatoms. The number of aromatic nitrogens is 1. The zero-order valence-corrected chi connectivity index (χ0v) is 10.4. The average molecular weight is 242 g/mol. The second-order valence-electron chi connectivity index (χ2n) is 4.42. The Balaban J connectivity index is 3.04. The van der Waals surface area contributed by atoms with Crippen LogP contribution in [-0.2, 0) is 0 Å². The molecule has 0 aliphatic carbocycles. The Labute approximate surface area is 97.5 Å². The van der Waals surface area contributed by atoms with Crippen molar-refractivity contribution in [2.45, 2.75) is 33.2 Å². The summed E-state index contributed by atoms with van der Waals surface area (Å²) >= 11 is 1.09. The third-order valence-corrected chi connectivity index (χ3v) is 2.60. The first-order valence-electron chi connectivity index (χ1n) is 4.74. The third kappa shape index (κ3) is 3.03. The van der Waals surface area contributed by atoms with Crippen LogP contribution in [0, 0.1) is 6.92 Å². The topological polar surface area (TPSA) is 79.3 Å². The monoisotopic (exact) mass is 242 g/mol. The Bertz CT molecular complexity index is 432. The lowest BCUT2D eigenvalue weighted by atomic mass is 10.1. The van der Waals surface area contributed by atoms with E-state index in [1.807, 2.05) is 20.8 Å². The highest BCUT2D eigenvalue weighted by Crippen LogP contribution is 2.18. The Morgan fingerprint density at radius 2 is 1.94 bits per heavy atom. The number of nitrogens with zero attached hydrogens (tertiary/aromatic N) is 1. The summed E-state index contributed by atoms with van der Waals surface area (Å²) in [7, 11) is 0. The fourth-order valence-electron chi connectivity index (χ4n) is 1.12. The fraction of sp³-hybridized carbons (Fsp3) is 0.500. The molecule has 0 saturated heterocycles. The molecule has 1 aromatic heterocycles. The van der Waals surface area contributed by atoms with Gasteiger partial charge in [-0.25, -0.2) is 9.78 Å². The van der Waals surface area contributed by atoms with Gasteiger partial charge in [0, 0.05) is 5.54 Å². The predicted octanol–water partition coefficient (Wildman–Crippen LogP) is 1.68. The summed E-state index contributed by atoms with van der Waals surface area (Å²) in [4.78, 5) is 26.6. The number of carboxylic acid groups (broad SMARTS) is 1. The number of nitrogens with one attached hydrogen (secondary N) is 1. The van der Waals surface area contributed by atoms with Gasteiger partial charge in [-0.05, 0) is 27.7 Å². The van der Waals surface area contributed by atoms with Gasteiger partial charge < -0.3 is 10.4 Å². The number of hydrogen-bond donors (Lipinski definition) is 2. The number of amides is 1. The van der Waals surface area contributed by atoms with E-state index in [0.717, 1.165) is 11.3 Å². The van der Waals surface area contributed by atoms with Crippen LogP contribution >= 0.6 is 11.3 Å². The normalized spacial score (nSPS) is 11.2. The van der Waals surface area contributed by atoms with Crippen LogP contribution in [0.25, 0.3) is 0 Å². The number of carboxylic acids is 1. The predicted molar refractivity (Wildman–Crippen MR) is 61.0 cm³/mol. The van der Waals surface area contributed by atoms with Crippen molar-refractivity contribution < 1.29 is 14.7 Å². The Morgan fingerprint density at radius 3 is 2.38 bits per heavy atom. The number of aryl methyl sites for hydroxylation is 1. The largest absolute Gasteiger partial charge is 0.476 e. The maximum absolute atomic E-state index is 11.8. The van der Waals surface area contributed by atoms with Crippen LogP contribution in [0.5, 0.6) is 0 Å². The van der Waals surface area contributed by atoms with E-state index in [1.165, 1.54) is 0 Å². The molecule has 1 aromatic rings. The molecule has 1 amide bonds. The lowest BCUT2D eigenvalue weighted by Gasteiger charge is -2.19. The van der Waals surface area contributed by atoms with Crippen LogP contribution in [0.2, 0.25) is 0 Å². The third-order valence-electron chi connectivity index (χ3n) is 1.63. The highest BCUT2D eigenvalue weighted by atomic mass is 32.1. The molecule has 0 aromatic carbocycles. The van der Waals surface area contributed by atoms with E-state index in [0.29, 0.717) is 5.01 Å². The Morgan fingerprint density at radius 1 is 1.38 bits per heavy atom. The molecule has 2 N–H and O–H groups in total. The minimum Gasteiger partial charge on any atom is -0.476 e. The number of carbonyl (C=O) groups is 2. The summed E-state index contributed by atoms with van der Waals surface area (Å²) in [5, 5.41) is 12.2. The summed E-state index contributed by atoms with van der Waals surface area (Å²) in [6.45, 7) is 7.17. The van der Waals surface area contributed by atoms with E-state index in [9.17, 15) is 9.59 Å². The van der Waals surface area contributed by atoms with Crippen LogP contribution in [0.4, 0.5) is 0 Å². The van der Waals surface area contributed by atoms with E-state index in [-0.39, 0.29) is 10.6 Å². The quantitative estimate of drug-likeness (QED) is 0.827. The lowest BCUT2D eigenvalue weighted by molar-refractivity contribution is 0.0684. The van der Waals surface area contributed by atoms with Crippen molar-refractivity contribution in [1.82, 2.24) is 10.3 Å². The molecule has 0 saturated carbocycles. The van der Waals surface area contributed by atoms with Crippen LogP contribution in [-0.4, -0.2) is 27.5 Å². The molecule has 0 aliphatic heterocycles. The minimum absolute atomic E-state index is 0.153. The molecule has 0 unspecified atom stereocenters. The number of carbonyl (C=O) groups excluding carboxylic acids is 1. The minimum atomic E-state index is -1.18. The molecule has 0 atom stereocenters. The van der Waals surface area contributed by atoms with Gasteiger partial charge in [0.2, 0.25) is 0 Å². The van der Waals surface area contributed by atoms with Crippen molar-refractivity contribution in [2.75, 3.05) is 0 Å². The van der Waals surface area contributed by atoms with E-state index in [4.69, 9.17) is 5.11 Å². The summed E-state index contributed by atoms with van der Waals surface area (Å²) in [6, 6.07) is 0. The van der Waals surface area contributed by atoms with Crippen molar-refractivity contribution in [3.8, 4) is 0 Å². The Kier molecular flexibility index (Phi) is 3.32. The standard InChI is InChI=1S/C10H14N2O3S/c1-5-11-6(9(14)15)7(16-5)8(13)12-10(2,3)4/h1-4H3,(H,12,13)(H,14,15). The van der Waals surface area contributed by atoms with Crippen LogP contribution < -0.4 is 5.32 Å². The average Bonchev–Trinajstić information content (AvgIpc) is 2.44. The molecular formula is C10H14N2O3S. The summed E-state index contributed by atoms with van der Waals surface area (Å²) in [5.74, 6) is -1.57. The highest BCUT2D eigenvalue weighted by molar-refractivity contribution is 7.14. The molecule has 0 bridgehead atoms. The van der Waals surface area contributed by atoms with E-state index < -0.39 is 17.4 Å². The molecule has 1 heterocycles. The number of thiazole rings is 1. The van der Waals surface area contributed by atoms with E-state index >= 15 is 0 Å². The van der Waals surface area contributed by atoms with Gasteiger partial charge in [0.15, 0.2) is 5.69 Å². The van der Waals surface area contributed by atoms with Crippen LogP contribution in [0.1, 0.15) is 45.9 Å². The molecule has 0 radical (unpaired) electrons. The fourth-order valence-corrected chi connectivity index (χ4v) is 1.93. The molecule has 5 nitrogen and oxygen atoms in total. The summed E-state index contributed by atoms with van der Waals surface area (Å²) < 4.78 is 0. The maximum Gasteiger partial charge on any atom is 0.356 e. The smallest absolute Gasteiger partial charge is 0.356 e. The Hall–Kier alpha value is -1.43. The van der Waals surface area contributed by atoms with Gasteiger partial charge in [-0.2, -0.15) is 0 Å². The second-order valence-corrected chi connectivity index (χ2v) is 5.62. The first-order valence-corrected chi connectivity index (χ1v) is 5.55. The molecule has 16 heavy (non-hydrogen) atoms. The molecule has 88 valence electrons. The zero-order chi connectivity index (χ0) is 12.5. The van der Waals surface area contributed by atoms with Gasteiger partial charge in [0.25, 0.3) is 5.91 Å². The lowest BCUT2D eigenvalue weighted by Crippen LogP contribution is -2.40. The number of rotatable bonds is 2. The zero-order valence-electron chi connectivity index (χ0n) is 9.62. The molecule has 0 fully saturated rings. The van der Waals surface area contributed by atoms with Crippen molar-refractivity contribution in [3.05, 3.63) is 15.6 Å². The van der Waals surface area contributed by atoms with Crippen molar-refractivity contribution >= 4 is 23.2 Å². The van der Waals surface area contributed by atoms with Crippen LogP contribution in [0.3, 0.4) is 0 Å². The maximum atomic E-state index is 11.8.